The van der Waals surface area contributed by atoms with Gasteiger partial charge in [-0.25, -0.2) is 8.78 Å². The van der Waals surface area contributed by atoms with E-state index in [9.17, 15) is 8.78 Å². The van der Waals surface area contributed by atoms with E-state index in [2.05, 4.69) is 13.8 Å². The van der Waals surface area contributed by atoms with Gasteiger partial charge < -0.3 is 0 Å². The molecule has 122 valence electrons. The standard InChI is InChI=1S/C18H36F2/c1-4-6-8-10-11-13-15-17(16-18(3,19)20)14-12-9-7-5-2/h17H,4-16H2,1-3H3. The molecule has 1 unspecified atom stereocenters. The maximum Gasteiger partial charge on any atom is 0.245 e. The SMILES string of the molecule is CCCCCCCCC(CCCCCC)CC(C)(F)F. The fraction of sp³-hybridized carbons (Fsp3) is 1.00. The lowest BCUT2D eigenvalue weighted by atomic mass is 9.89. The highest BCUT2D eigenvalue weighted by Gasteiger charge is 2.26. The Bertz CT molecular complexity index is 196. The Morgan fingerprint density at radius 2 is 1.10 bits per heavy atom. The highest BCUT2D eigenvalue weighted by atomic mass is 19.3. The van der Waals surface area contributed by atoms with Crippen LogP contribution in [-0.4, -0.2) is 5.92 Å². The Morgan fingerprint density at radius 1 is 0.700 bits per heavy atom. The van der Waals surface area contributed by atoms with Gasteiger partial charge in [-0.1, -0.05) is 90.9 Å². The molecule has 0 saturated heterocycles. The summed E-state index contributed by atoms with van der Waals surface area (Å²) in [4.78, 5) is 0. The summed E-state index contributed by atoms with van der Waals surface area (Å²) >= 11 is 0. The summed E-state index contributed by atoms with van der Waals surface area (Å²) in [6.45, 7) is 5.48. The molecule has 0 aliphatic carbocycles. The first-order chi connectivity index (χ1) is 9.49. The van der Waals surface area contributed by atoms with Gasteiger partial charge in [0.25, 0.3) is 0 Å². The molecule has 0 saturated carbocycles. The number of halogens is 2. The van der Waals surface area contributed by atoms with Crippen LogP contribution >= 0.6 is 0 Å². The van der Waals surface area contributed by atoms with Crippen molar-refractivity contribution in [2.45, 2.75) is 110 Å². The van der Waals surface area contributed by atoms with Crippen LogP contribution < -0.4 is 0 Å². The van der Waals surface area contributed by atoms with Gasteiger partial charge in [0.1, 0.15) is 0 Å². The topological polar surface area (TPSA) is 0 Å². The lowest BCUT2D eigenvalue weighted by Gasteiger charge is -2.20. The fourth-order valence-corrected chi connectivity index (χ4v) is 2.93. The molecule has 0 aromatic heterocycles. The van der Waals surface area contributed by atoms with Crippen molar-refractivity contribution in [1.82, 2.24) is 0 Å². The van der Waals surface area contributed by atoms with Gasteiger partial charge in [0, 0.05) is 6.42 Å². The van der Waals surface area contributed by atoms with Crippen LogP contribution in [0.1, 0.15) is 104 Å². The van der Waals surface area contributed by atoms with Gasteiger partial charge in [-0.05, 0) is 12.8 Å². The molecule has 0 aromatic carbocycles. The van der Waals surface area contributed by atoms with Crippen LogP contribution in [-0.2, 0) is 0 Å². The third kappa shape index (κ3) is 14.3. The van der Waals surface area contributed by atoms with Crippen LogP contribution in [0.3, 0.4) is 0 Å². The van der Waals surface area contributed by atoms with Crippen molar-refractivity contribution < 1.29 is 8.78 Å². The summed E-state index contributed by atoms with van der Waals surface area (Å²) in [5, 5.41) is 0. The van der Waals surface area contributed by atoms with E-state index in [4.69, 9.17) is 0 Å². The predicted octanol–water partition coefficient (Wildman–Crippen LogP) is 7.37. The van der Waals surface area contributed by atoms with Gasteiger partial charge in [-0.3, -0.25) is 0 Å². The van der Waals surface area contributed by atoms with Crippen molar-refractivity contribution in [3.05, 3.63) is 0 Å². The average Bonchev–Trinajstić information content (AvgIpc) is 2.36. The van der Waals surface area contributed by atoms with E-state index in [1.165, 1.54) is 51.4 Å². The lowest BCUT2D eigenvalue weighted by Crippen LogP contribution is -2.17. The summed E-state index contributed by atoms with van der Waals surface area (Å²) in [7, 11) is 0. The quantitative estimate of drug-likeness (QED) is 0.293. The molecule has 0 spiro atoms. The van der Waals surface area contributed by atoms with E-state index in [1.807, 2.05) is 0 Å². The number of alkyl halides is 2. The molecular formula is C18H36F2. The van der Waals surface area contributed by atoms with Crippen LogP contribution in [0.15, 0.2) is 0 Å². The second-order valence-corrected chi connectivity index (χ2v) is 6.55. The van der Waals surface area contributed by atoms with E-state index in [1.54, 1.807) is 0 Å². The fourth-order valence-electron chi connectivity index (χ4n) is 2.93. The molecule has 20 heavy (non-hydrogen) atoms. The normalized spacial score (nSPS) is 13.7. The third-order valence-electron chi connectivity index (χ3n) is 4.08. The molecule has 0 rings (SSSR count). The second-order valence-electron chi connectivity index (χ2n) is 6.55. The number of hydrogen-bond acceptors (Lipinski definition) is 0. The molecule has 2 heteroatoms. The first-order valence-corrected chi connectivity index (χ1v) is 8.87. The molecule has 0 amide bonds. The Kier molecular flexibility index (Phi) is 12.5. The molecule has 0 aromatic rings. The van der Waals surface area contributed by atoms with E-state index >= 15 is 0 Å². The van der Waals surface area contributed by atoms with Crippen LogP contribution in [0.5, 0.6) is 0 Å². The van der Waals surface area contributed by atoms with Gasteiger partial charge in [0.05, 0.1) is 0 Å². The zero-order chi connectivity index (χ0) is 15.3. The summed E-state index contributed by atoms with van der Waals surface area (Å²) in [5.74, 6) is -2.25. The Labute approximate surface area is 125 Å². The number of unbranched alkanes of at least 4 members (excludes halogenated alkanes) is 8. The van der Waals surface area contributed by atoms with Gasteiger partial charge >= 0.3 is 0 Å². The van der Waals surface area contributed by atoms with Crippen LogP contribution in [0.2, 0.25) is 0 Å². The molecule has 0 aliphatic rings. The maximum absolute atomic E-state index is 13.2. The Morgan fingerprint density at radius 3 is 1.55 bits per heavy atom. The van der Waals surface area contributed by atoms with Crippen LogP contribution in [0, 0.1) is 5.92 Å². The van der Waals surface area contributed by atoms with Gasteiger partial charge in [-0.15, -0.1) is 0 Å². The molecule has 0 aliphatic heterocycles. The van der Waals surface area contributed by atoms with Crippen molar-refractivity contribution in [3.63, 3.8) is 0 Å². The Balaban J connectivity index is 3.80. The molecule has 0 N–H and O–H groups in total. The number of hydrogen-bond donors (Lipinski definition) is 0. The highest BCUT2D eigenvalue weighted by Crippen LogP contribution is 2.30. The van der Waals surface area contributed by atoms with Crippen molar-refractivity contribution >= 4 is 0 Å². The molecule has 0 radical (unpaired) electrons. The average molecular weight is 290 g/mol. The van der Waals surface area contributed by atoms with Gasteiger partial charge in [-0.2, -0.15) is 0 Å². The van der Waals surface area contributed by atoms with E-state index in [-0.39, 0.29) is 12.3 Å². The molecular weight excluding hydrogens is 254 g/mol. The molecule has 0 fully saturated rings. The molecule has 0 bridgehead atoms. The largest absolute Gasteiger partial charge is 0.245 e. The first-order valence-electron chi connectivity index (χ1n) is 8.87. The third-order valence-corrected chi connectivity index (χ3v) is 4.08. The minimum atomic E-state index is -2.49. The van der Waals surface area contributed by atoms with Crippen molar-refractivity contribution in [3.8, 4) is 0 Å². The number of rotatable bonds is 14. The van der Waals surface area contributed by atoms with Crippen LogP contribution in [0.4, 0.5) is 8.78 Å². The van der Waals surface area contributed by atoms with Crippen molar-refractivity contribution in [2.24, 2.45) is 5.92 Å². The van der Waals surface area contributed by atoms with E-state index < -0.39 is 5.92 Å². The molecule has 1 atom stereocenters. The summed E-state index contributed by atoms with van der Waals surface area (Å²) in [6, 6.07) is 0. The van der Waals surface area contributed by atoms with Crippen molar-refractivity contribution in [2.75, 3.05) is 0 Å². The molecule has 0 heterocycles. The zero-order valence-electron chi connectivity index (χ0n) is 14.0. The minimum absolute atomic E-state index is 0.0914. The van der Waals surface area contributed by atoms with E-state index in [0.717, 1.165) is 32.6 Å². The predicted molar refractivity (Wildman–Crippen MR) is 85.5 cm³/mol. The summed E-state index contributed by atoms with van der Waals surface area (Å²) < 4.78 is 26.4. The molecule has 0 nitrogen and oxygen atoms in total. The zero-order valence-corrected chi connectivity index (χ0v) is 14.0. The van der Waals surface area contributed by atoms with E-state index in [0.29, 0.717) is 0 Å². The minimum Gasteiger partial charge on any atom is -0.207 e. The lowest BCUT2D eigenvalue weighted by molar-refractivity contribution is -0.00651. The summed E-state index contributed by atoms with van der Waals surface area (Å²) in [5.41, 5.74) is 0. The monoisotopic (exact) mass is 290 g/mol. The van der Waals surface area contributed by atoms with Crippen LogP contribution in [0.25, 0.3) is 0 Å². The second kappa shape index (κ2) is 12.6. The van der Waals surface area contributed by atoms with Crippen molar-refractivity contribution in [1.29, 1.82) is 0 Å². The smallest absolute Gasteiger partial charge is 0.207 e. The Hall–Kier alpha value is -0.140. The highest BCUT2D eigenvalue weighted by molar-refractivity contribution is 4.68. The summed E-state index contributed by atoms with van der Waals surface area (Å²) in [6.07, 6.45) is 14.4. The van der Waals surface area contributed by atoms with Gasteiger partial charge in [0.15, 0.2) is 0 Å². The van der Waals surface area contributed by atoms with Gasteiger partial charge in [0.2, 0.25) is 5.92 Å². The maximum atomic E-state index is 13.2. The first kappa shape index (κ1) is 19.9.